The summed E-state index contributed by atoms with van der Waals surface area (Å²) in [6.45, 7) is 8.65. The number of para-hydroxylation sites is 2. The van der Waals surface area contributed by atoms with Crippen LogP contribution in [-0.2, 0) is 0 Å². The molecule has 2 aromatic carbocycles. The van der Waals surface area contributed by atoms with Gasteiger partial charge in [0.25, 0.3) is 11.8 Å². The third-order valence-electron chi connectivity index (χ3n) is 6.20. The molecule has 32 heavy (non-hydrogen) atoms. The maximum Gasteiger partial charge on any atom is 0.266 e. The number of nitrogens with zero attached hydrogens (tertiary/aromatic N) is 3. The van der Waals surface area contributed by atoms with Crippen molar-refractivity contribution in [3.05, 3.63) is 77.7 Å². The van der Waals surface area contributed by atoms with Crippen molar-refractivity contribution in [1.29, 1.82) is 0 Å². The number of amides is 2. The maximum absolute atomic E-state index is 12.7. The molecule has 0 unspecified atom stereocenters. The number of allylic oxidation sites excluding steroid dienone is 1. The lowest BCUT2D eigenvalue weighted by Gasteiger charge is -2.36. The summed E-state index contributed by atoms with van der Waals surface area (Å²) >= 11 is 0. The Hall–Kier alpha value is -3.34. The fourth-order valence-corrected chi connectivity index (χ4v) is 4.44. The fourth-order valence-electron chi connectivity index (χ4n) is 4.44. The predicted molar refractivity (Wildman–Crippen MR) is 125 cm³/mol. The smallest absolute Gasteiger partial charge is 0.266 e. The van der Waals surface area contributed by atoms with Gasteiger partial charge in [-0.15, -0.1) is 5.73 Å². The van der Waals surface area contributed by atoms with E-state index in [2.05, 4.69) is 28.2 Å². The molecule has 1 saturated heterocycles. The molecule has 6 heteroatoms. The van der Waals surface area contributed by atoms with Gasteiger partial charge in [-0.25, -0.2) is 4.90 Å². The van der Waals surface area contributed by atoms with E-state index in [0.29, 0.717) is 23.2 Å². The third kappa shape index (κ3) is 4.33. The van der Waals surface area contributed by atoms with Crippen molar-refractivity contribution in [2.24, 2.45) is 0 Å². The summed E-state index contributed by atoms with van der Waals surface area (Å²) in [7, 11) is 1.71. The molecule has 1 fully saturated rings. The Kier molecular flexibility index (Phi) is 6.74. The van der Waals surface area contributed by atoms with Crippen LogP contribution in [0.1, 0.15) is 40.0 Å². The van der Waals surface area contributed by atoms with Crippen molar-refractivity contribution >= 4 is 17.5 Å². The Labute approximate surface area is 189 Å². The highest BCUT2D eigenvalue weighted by molar-refractivity contribution is 6.22. The van der Waals surface area contributed by atoms with Crippen LogP contribution in [0.5, 0.6) is 5.75 Å². The molecule has 0 bridgehead atoms. The molecule has 2 heterocycles. The van der Waals surface area contributed by atoms with E-state index in [1.54, 1.807) is 31.4 Å². The van der Waals surface area contributed by atoms with E-state index in [4.69, 9.17) is 4.74 Å². The zero-order valence-electron chi connectivity index (χ0n) is 18.5. The second kappa shape index (κ2) is 9.86. The third-order valence-corrected chi connectivity index (χ3v) is 6.20. The number of benzene rings is 2. The van der Waals surface area contributed by atoms with Gasteiger partial charge in [-0.1, -0.05) is 30.8 Å². The summed E-state index contributed by atoms with van der Waals surface area (Å²) in [4.78, 5) is 31.4. The van der Waals surface area contributed by atoms with E-state index in [9.17, 15) is 9.59 Å². The fraction of sp³-hybridized carbons (Fsp3) is 0.346. The Morgan fingerprint density at radius 2 is 1.56 bits per heavy atom. The van der Waals surface area contributed by atoms with Crippen LogP contribution in [0.15, 0.2) is 66.5 Å². The quantitative estimate of drug-likeness (QED) is 0.360. The SMILES string of the molecule is C=C=C(CCCCN1CCN(c2ccccc2OC)CC1)N1C(=O)c2ccccc2C1=O. The first-order valence-electron chi connectivity index (χ1n) is 11.1. The number of carbonyl (C=O) groups excluding carboxylic acids is 2. The summed E-state index contributed by atoms with van der Waals surface area (Å²) in [6, 6.07) is 15.1. The van der Waals surface area contributed by atoms with E-state index in [1.807, 2.05) is 18.2 Å². The second-order valence-electron chi connectivity index (χ2n) is 8.07. The standard InChI is InChI=1S/C26H29N3O3/c1-3-20(29-25(30)21-11-4-5-12-22(21)26(29)31)10-8-9-15-27-16-18-28(19-17-27)23-13-6-7-14-24(23)32-2/h4-7,11-14H,1,8-10,15-19H2,2H3. The van der Waals surface area contributed by atoms with Crippen molar-refractivity contribution < 1.29 is 14.3 Å². The lowest BCUT2D eigenvalue weighted by atomic mass is 10.1. The van der Waals surface area contributed by atoms with E-state index in [0.717, 1.165) is 57.0 Å². The zero-order chi connectivity index (χ0) is 22.5. The van der Waals surface area contributed by atoms with Gasteiger partial charge in [0.15, 0.2) is 0 Å². The minimum atomic E-state index is -0.274. The van der Waals surface area contributed by atoms with Crippen molar-refractivity contribution in [3.63, 3.8) is 0 Å². The van der Waals surface area contributed by atoms with Crippen molar-refractivity contribution in [3.8, 4) is 5.75 Å². The Morgan fingerprint density at radius 3 is 2.19 bits per heavy atom. The van der Waals surface area contributed by atoms with Gasteiger partial charge >= 0.3 is 0 Å². The van der Waals surface area contributed by atoms with Crippen LogP contribution < -0.4 is 9.64 Å². The number of ether oxygens (including phenoxy) is 1. The van der Waals surface area contributed by atoms with E-state index in [-0.39, 0.29) is 11.8 Å². The molecule has 166 valence electrons. The van der Waals surface area contributed by atoms with Crippen LogP contribution in [0.2, 0.25) is 0 Å². The number of unbranched alkanes of at least 4 members (excludes halogenated alkanes) is 1. The molecule has 0 aliphatic carbocycles. The first kappa shape index (κ1) is 21.9. The molecule has 0 aromatic heterocycles. The van der Waals surface area contributed by atoms with Gasteiger partial charge < -0.3 is 9.64 Å². The Bertz CT molecular complexity index is 1010. The normalized spacial score (nSPS) is 16.2. The van der Waals surface area contributed by atoms with Gasteiger partial charge in [0.1, 0.15) is 5.75 Å². The van der Waals surface area contributed by atoms with Crippen LogP contribution >= 0.6 is 0 Å². The number of fused-ring (bicyclic) bond motifs is 1. The van der Waals surface area contributed by atoms with E-state index >= 15 is 0 Å². The minimum absolute atomic E-state index is 0.274. The van der Waals surface area contributed by atoms with E-state index < -0.39 is 0 Å². The number of hydrogen-bond donors (Lipinski definition) is 0. The predicted octanol–water partition coefficient (Wildman–Crippen LogP) is 3.95. The van der Waals surface area contributed by atoms with Gasteiger partial charge in [-0.2, -0.15) is 0 Å². The number of imide groups is 1. The molecule has 2 amide bonds. The van der Waals surface area contributed by atoms with Crippen LogP contribution in [-0.4, -0.2) is 61.4 Å². The highest BCUT2D eigenvalue weighted by Crippen LogP contribution is 2.29. The summed E-state index contributed by atoms with van der Waals surface area (Å²) in [5.41, 5.74) is 5.46. The topological polar surface area (TPSA) is 53.1 Å². The molecular weight excluding hydrogens is 402 g/mol. The molecule has 0 radical (unpaired) electrons. The second-order valence-corrected chi connectivity index (χ2v) is 8.07. The molecule has 0 saturated carbocycles. The molecule has 2 aliphatic heterocycles. The summed E-state index contributed by atoms with van der Waals surface area (Å²) in [6.07, 6.45) is 2.47. The van der Waals surface area contributed by atoms with Gasteiger partial charge in [0.2, 0.25) is 0 Å². The van der Waals surface area contributed by atoms with Gasteiger partial charge in [0, 0.05) is 26.2 Å². The Morgan fingerprint density at radius 1 is 0.938 bits per heavy atom. The lowest BCUT2D eigenvalue weighted by molar-refractivity contribution is 0.0699. The van der Waals surface area contributed by atoms with Crippen LogP contribution in [0.25, 0.3) is 0 Å². The number of piperazine rings is 1. The average molecular weight is 432 g/mol. The maximum atomic E-state index is 12.7. The lowest BCUT2D eigenvalue weighted by Crippen LogP contribution is -2.46. The number of anilines is 1. The van der Waals surface area contributed by atoms with Gasteiger partial charge in [-0.3, -0.25) is 14.5 Å². The largest absolute Gasteiger partial charge is 0.495 e. The summed E-state index contributed by atoms with van der Waals surface area (Å²) in [5.74, 6) is 0.367. The molecule has 0 spiro atoms. The summed E-state index contributed by atoms with van der Waals surface area (Å²) in [5, 5.41) is 0. The monoisotopic (exact) mass is 431 g/mol. The average Bonchev–Trinajstić information content (AvgIpc) is 3.10. The molecule has 0 N–H and O–H groups in total. The van der Waals surface area contributed by atoms with Gasteiger partial charge in [0.05, 0.1) is 29.6 Å². The first-order valence-corrected chi connectivity index (χ1v) is 11.1. The van der Waals surface area contributed by atoms with Crippen LogP contribution in [0.3, 0.4) is 0 Å². The minimum Gasteiger partial charge on any atom is -0.495 e. The van der Waals surface area contributed by atoms with Crippen molar-refractivity contribution in [2.75, 3.05) is 44.7 Å². The molecule has 2 aromatic rings. The van der Waals surface area contributed by atoms with E-state index in [1.165, 1.54) is 4.90 Å². The molecule has 6 nitrogen and oxygen atoms in total. The molecule has 0 atom stereocenters. The number of rotatable bonds is 8. The summed E-state index contributed by atoms with van der Waals surface area (Å²) < 4.78 is 5.50. The van der Waals surface area contributed by atoms with Crippen molar-refractivity contribution in [2.45, 2.75) is 19.3 Å². The number of carbonyl (C=O) groups is 2. The highest BCUT2D eigenvalue weighted by Gasteiger charge is 2.37. The Balaban J connectivity index is 1.24. The van der Waals surface area contributed by atoms with Crippen molar-refractivity contribution in [1.82, 2.24) is 9.80 Å². The van der Waals surface area contributed by atoms with Gasteiger partial charge in [-0.05, 0) is 50.1 Å². The number of hydrogen-bond acceptors (Lipinski definition) is 5. The molecule has 2 aliphatic rings. The van der Waals surface area contributed by atoms with Crippen LogP contribution in [0, 0.1) is 0 Å². The number of methoxy groups -OCH3 is 1. The zero-order valence-corrected chi connectivity index (χ0v) is 18.5. The first-order chi connectivity index (χ1) is 15.6. The highest BCUT2D eigenvalue weighted by atomic mass is 16.5. The molecular formula is C26H29N3O3. The van der Waals surface area contributed by atoms with Crippen LogP contribution in [0.4, 0.5) is 5.69 Å². The molecule has 4 rings (SSSR count).